The van der Waals surface area contributed by atoms with Gasteiger partial charge in [-0.15, -0.1) is 0 Å². The second kappa shape index (κ2) is 9.98. The minimum atomic E-state index is -4.69. The zero-order valence-corrected chi connectivity index (χ0v) is 21.5. The molecule has 6 nitrogen and oxygen atoms in total. The molecule has 1 saturated heterocycles. The van der Waals surface area contributed by atoms with E-state index in [1.807, 2.05) is 54.6 Å². The standard InChI is InChI=1S/C29H23ClF3N5O/c30-21-10-8-19(9-11-21)18-36-12-14-37(15-13-36)28(39)24-17-34-38-26(29(31,32)33)16-25(35-27(24)38)23-7-3-5-20-4-1-2-6-22(20)23/h1-11,16-17H,12-15,18H2. The summed E-state index contributed by atoms with van der Waals surface area (Å²) in [5.74, 6) is -0.383. The molecule has 0 saturated carbocycles. The van der Waals surface area contributed by atoms with Crippen molar-refractivity contribution in [2.24, 2.45) is 0 Å². The largest absolute Gasteiger partial charge is 0.433 e. The first kappa shape index (κ1) is 25.3. The van der Waals surface area contributed by atoms with Gasteiger partial charge in [0.1, 0.15) is 5.56 Å². The molecular weight excluding hydrogens is 527 g/mol. The number of carbonyl (C=O) groups excluding carboxylic acids is 1. The summed E-state index contributed by atoms with van der Waals surface area (Å²) in [7, 11) is 0. The molecule has 0 bridgehead atoms. The van der Waals surface area contributed by atoms with Crippen LogP contribution in [0.25, 0.3) is 27.7 Å². The highest BCUT2D eigenvalue weighted by molar-refractivity contribution is 6.30. The first-order valence-electron chi connectivity index (χ1n) is 12.5. The molecule has 0 radical (unpaired) electrons. The maximum absolute atomic E-state index is 14.1. The molecule has 5 aromatic rings. The highest BCUT2D eigenvalue weighted by Gasteiger charge is 2.36. The summed E-state index contributed by atoms with van der Waals surface area (Å²) in [6, 6.07) is 21.5. The van der Waals surface area contributed by atoms with Crippen LogP contribution in [0, 0.1) is 0 Å². The van der Waals surface area contributed by atoms with Gasteiger partial charge in [-0.3, -0.25) is 9.69 Å². The van der Waals surface area contributed by atoms with Gasteiger partial charge in [0.25, 0.3) is 5.91 Å². The molecule has 0 N–H and O–H groups in total. The van der Waals surface area contributed by atoms with Crippen LogP contribution >= 0.6 is 11.6 Å². The molecule has 0 aliphatic carbocycles. The van der Waals surface area contributed by atoms with Gasteiger partial charge in [-0.2, -0.15) is 18.3 Å². The van der Waals surface area contributed by atoms with E-state index in [0.29, 0.717) is 36.8 Å². The van der Waals surface area contributed by atoms with Crippen molar-refractivity contribution in [2.75, 3.05) is 26.2 Å². The van der Waals surface area contributed by atoms with Crippen LogP contribution in [0.1, 0.15) is 21.6 Å². The lowest BCUT2D eigenvalue weighted by Crippen LogP contribution is -2.48. The van der Waals surface area contributed by atoms with Crippen molar-refractivity contribution in [3.05, 3.63) is 101 Å². The molecular formula is C29H23ClF3N5O. The number of piperazine rings is 1. The van der Waals surface area contributed by atoms with E-state index in [4.69, 9.17) is 11.6 Å². The van der Waals surface area contributed by atoms with Gasteiger partial charge in [-0.05, 0) is 34.5 Å². The quantitative estimate of drug-likeness (QED) is 0.269. The molecule has 3 aromatic carbocycles. The molecule has 3 heterocycles. The van der Waals surface area contributed by atoms with Crippen molar-refractivity contribution in [1.29, 1.82) is 0 Å². The van der Waals surface area contributed by atoms with Gasteiger partial charge >= 0.3 is 6.18 Å². The first-order valence-corrected chi connectivity index (χ1v) is 12.9. The van der Waals surface area contributed by atoms with E-state index in [2.05, 4.69) is 15.0 Å². The Balaban J connectivity index is 1.32. The number of nitrogens with zero attached hydrogens (tertiary/aromatic N) is 5. The predicted molar refractivity (Wildman–Crippen MR) is 144 cm³/mol. The number of carbonyl (C=O) groups is 1. The van der Waals surface area contributed by atoms with E-state index in [9.17, 15) is 18.0 Å². The number of amides is 1. The number of alkyl halides is 3. The summed E-state index contributed by atoms with van der Waals surface area (Å²) in [6.45, 7) is 2.88. The Morgan fingerprint density at radius 3 is 2.38 bits per heavy atom. The zero-order valence-electron chi connectivity index (χ0n) is 20.7. The molecule has 0 atom stereocenters. The number of hydrogen-bond donors (Lipinski definition) is 0. The van der Waals surface area contributed by atoms with Crippen molar-refractivity contribution >= 4 is 33.9 Å². The van der Waals surface area contributed by atoms with Crippen molar-refractivity contribution in [1.82, 2.24) is 24.4 Å². The molecule has 6 rings (SSSR count). The third-order valence-corrected chi connectivity index (χ3v) is 7.29. The summed E-state index contributed by atoms with van der Waals surface area (Å²) in [4.78, 5) is 21.9. The van der Waals surface area contributed by atoms with Gasteiger partial charge in [0, 0.05) is 43.3 Å². The van der Waals surface area contributed by atoms with Gasteiger partial charge < -0.3 is 4.90 Å². The molecule has 2 aromatic heterocycles. The van der Waals surface area contributed by atoms with Crippen LogP contribution in [-0.4, -0.2) is 56.5 Å². The maximum Gasteiger partial charge on any atom is 0.433 e. The summed E-state index contributed by atoms with van der Waals surface area (Å²) in [5, 5.41) is 6.27. The molecule has 1 aliphatic heterocycles. The average Bonchev–Trinajstić information content (AvgIpc) is 3.37. The van der Waals surface area contributed by atoms with Gasteiger partial charge in [0.2, 0.25) is 0 Å². The van der Waals surface area contributed by atoms with Crippen molar-refractivity contribution in [3.8, 4) is 11.3 Å². The minimum Gasteiger partial charge on any atom is -0.336 e. The summed E-state index contributed by atoms with van der Waals surface area (Å²) >= 11 is 5.97. The molecule has 1 aliphatic rings. The average molecular weight is 550 g/mol. The lowest BCUT2D eigenvalue weighted by Gasteiger charge is -2.34. The highest BCUT2D eigenvalue weighted by atomic mass is 35.5. The molecule has 0 spiro atoms. The van der Waals surface area contributed by atoms with Gasteiger partial charge in [0.05, 0.1) is 11.9 Å². The molecule has 1 amide bonds. The first-order chi connectivity index (χ1) is 18.8. The number of hydrogen-bond acceptors (Lipinski definition) is 4. The van der Waals surface area contributed by atoms with Crippen LogP contribution in [0.15, 0.2) is 79.0 Å². The number of benzene rings is 3. The second-order valence-corrected chi connectivity index (χ2v) is 9.98. The molecule has 10 heteroatoms. The lowest BCUT2D eigenvalue weighted by atomic mass is 10.0. The van der Waals surface area contributed by atoms with Gasteiger partial charge in [-0.25, -0.2) is 9.50 Å². The van der Waals surface area contributed by atoms with Crippen LogP contribution in [0.2, 0.25) is 5.02 Å². The Labute approximate surface area is 227 Å². The van der Waals surface area contributed by atoms with Gasteiger partial charge in [-0.1, -0.05) is 66.2 Å². The second-order valence-electron chi connectivity index (χ2n) is 9.54. The van der Waals surface area contributed by atoms with Crippen molar-refractivity contribution < 1.29 is 18.0 Å². The summed E-state index contributed by atoms with van der Waals surface area (Å²) < 4.78 is 43.1. The summed E-state index contributed by atoms with van der Waals surface area (Å²) in [5.41, 5.74) is 0.759. The Kier molecular flexibility index (Phi) is 6.48. The Morgan fingerprint density at radius 1 is 0.923 bits per heavy atom. The maximum atomic E-state index is 14.1. The van der Waals surface area contributed by atoms with E-state index in [0.717, 1.165) is 33.5 Å². The monoisotopic (exact) mass is 549 g/mol. The van der Waals surface area contributed by atoms with E-state index >= 15 is 0 Å². The highest BCUT2D eigenvalue weighted by Crippen LogP contribution is 2.35. The molecule has 0 unspecified atom stereocenters. The van der Waals surface area contributed by atoms with Crippen molar-refractivity contribution in [3.63, 3.8) is 0 Å². The number of rotatable bonds is 4. The smallest absolute Gasteiger partial charge is 0.336 e. The Morgan fingerprint density at radius 2 is 1.64 bits per heavy atom. The van der Waals surface area contributed by atoms with Crippen LogP contribution in [0.5, 0.6) is 0 Å². The molecule has 198 valence electrons. The fraction of sp³-hybridized carbons (Fsp3) is 0.207. The summed E-state index contributed by atoms with van der Waals surface area (Å²) in [6.07, 6.45) is -3.51. The SMILES string of the molecule is O=C(c1cnn2c(C(F)(F)F)cc(-c3cccc4ccccc34)nc12)N1CCN(Cc2ccc(Cl)cc2)CC1. The third-order valence-electron chi connectivity index (χ3n) is 7.04. The molecule has 39 heavy (non-hydrogen) atoms. The Hall–Kier alpha value is -3.95. The van der Waals surface area contributed by atoms with Crippen LogP contribution in [0.4, 0.5) is 13.2 Å². The van der Waals surface area contributed by atoms with Crippen LogP contribution < -0.4 is 0 Å². The fourth-order valence-corrected chi connectivity index (χ4v) is 5.16. The topological polar surface area (TPSA) is 53.7 Å². The Bertz CT molecular complexity index is 1670. The van der Waals surface area contributed by atoms with E-state index < -0.39 is 11.9 Å². The number of halogens is 4. The van der Waals surface area contributed by atoms with Gasteiger partial charge in [0.15, 0.2) is 11.3 Å². The zero-order chi connectivity index (χ0) is 27.1. The number of aromatic nitrogens is 3. The van der Waals surface area contributed by atoms with E-state index in [1.54, 1.807) is 17.0 Å². The van der Waals surface area contributed by atoms with E-state index in [1.165, 1.54) is 6.20 Å². The number of fused-ring (bicyclic) bond motifs is 2. The van der Waals surface area contributed by atoms with Crippen LogP contribution in [0.3, 0.4) is 0 Å². The normalized spacial score (nSPS) is 14.8. The molecule has 1 fully saturated rings. The third kappa shape index (κ3) is 4.95. The lowest BCUT2D eigenvalue weighted by molar-refractivity contribution is -0.142. The fourth-order valence-electron chi connectivity index (χ4n) is 5.03. The van der Waals surface area contributed by atoms with Crippen LogP contribution in [-0.2, 0) is 12.7 Å². The van der Waals surface area contributed by atoms with E-state index in [-0.39, 0.29) is 22.8 Å². The van der Waals surface area contributed by atoms with Crippen molar-refractivity contribution in [2.45, 2.75) is 12.7 Å². The predicted octanol–water partition coefficient (Wildman–Crippen LogP) is 6.18. The minimum absolute atomic E-state index is 0.0498.